The van der Waals surface area contributed by atoms with Gasteiger partial charge in [-0.15, -0.1) is 0 Å². The van der Waals surface area contributed by atoms with Crippen molar-refractivity contribution in [2.45, 2.75) is 39.0 Å². The summed E-state index contributed by atoms with van der Waals surface area (Å²) in [7, 11) is 0. The van der Waals surface area contributed by atoms with Gasteiger partial charge >= 0.3 is 0 Å². The maximum absolute atomic E-state index is 13.3. The monoisotopic (exact) mass is 354 g/mol. The third-order valence-corrected chi connectivity index (χ3v) is 6.02. The third-order valence-electron chi connectivity index (χ3n) is 6.02. The average Bonchev–Trinajstić information content (AvgIpc) is 2.67. The fourth-order valence-electron chi connectivity index (χ4n) is 4.45. The fourth-order valence-corrected chi connectivity index (χ4v) is 4.45. The Morgan fingerprint density at radius 2 is 1.74 bits per heavy atom. The van der Waals surface area contributed by atoms with Crippen LogP contribution in [-0.2, 0) is 5.41 Å². The summed E-state index contributed by atoms with van der Waals surface area (Å²) in [6, 6.07) is 16.4. The molecule has 0 saturated carbocycles. The molecule has 5 rings (SSSR count). The second-order valence-electron chi connectivity index (χ2n) is 8.30. The van der Waals surface area contributed by atoms with Crippen molar-refractivity contribution in [2.75, 3.05) is 0 Å². The van der Waals surface area contributed by atoms with Crippen molar-refractivity contribution in [3.05, 3.63) is 81.6 Å². The Balaban J connectivity index is 2.12. The van der Waals surface area contributed by atoms with Crippen molar-refractivity contribution in [1.29, 1.82) is 0 Å². The molecule has 0 spiro atoms. The summed E-state index contributed by atoms with van der Waals surface area (Å²) in [5, 5.41) is 1.52. The van der Waals surface area contributed by atoms with E-state index in [0.717, 1.165) is 27.6 Å². The van der Waals surface area contributed by atoms with E-state index < -0.39 is 0 Å². The summed E-state index contributed by atoms with van der Waals surface area (Å²) < 4.78 is 2.20. The first-order valence-electron chi connectivity index (χ1n) is 9.49. The van der Waals surface area contributed by atoms with E-state index >= 15 is 0 Å². The number of para-hydroxylation sites is 1. The van der Waals surface area contributed by atoms with Crippen LogP contribution in [0.15, 0.2) is 59.5 Å². The van der Waals surface area contributed by atoms with Crippen molar-refractivity contribution in [2.24, 2.45) is 0 Å². The molecule has 3 heteroatoms. The second-order valence-corrected chi connectivity index (χ2v) is 8.30. The number of pyridine rings is 2. The average molecular weight is 354 g/mol. The first kappa shape index (κ1) is 16.2. The molecule has 2 aromatic heterocycles. The van der Waals surface area contributed by atoms with Crippen molar-refractivity contribution >= 4 is 21.8 Å². The maximum atomic E-state index is 13.3. The fraction of sp³-hybridized carbons (Fsp3) is 0.250. The molecule has 1 aliphatic heterocycles. The Morgan fingerprint density at radius 3 is 2.52 bits per heavy atom. The van der Waals surface area contributed by atoms with Crippen LogP contribution < -0.4 is 5.43 Å². The van der Waals surface area contributed by atoms with E-state index in [2.05, 4.69) is 56.5 Å². The van der Waals surface area contributed by atoms with E-state index in [1.807, 2.05) is 30.5 Å². The minimum atomic E-state index is -0.209. The molecule has 4 aromatic rings. The Kier molecular flexibility index (Phi) is 3.18. The number of nitrogens with zero attached hydrogens (tertiary/aromatic N) is 2. The number of rotatable bonds is 1. The van der Waals surface area contributed by atoms with Gasteiger partial charge in [0.2, 0.25) is 0 Å². The molecule has 27 heavy (non-hydrogen) atoms. The summed E-state index contributed by atoms with van der Waals surface area (Å²) in [5.41, 5.74) is 5.42. The molecule has 1 aliphatic rings. The zero-order valence-corrected chi connectivity index (χ0v) is 16.1. The summed E-state index contributed by atoms with van der Waals surface area (Å²) in [6.45, 7) is 8.78. The van der Waals surface area contributed by atoms with Gasteiger partial charge in [0.1, 0.15) is 5.82 Å². The van der Waals surface area contributed by atoms with Gasteiger partial charge < -0.3 is 0 Å². The smallest absolute Gasteiger partial charge is 0.197 e. The summed E-state index contributed by atoms with van der Waals surface area (Å²) >= 11 is 0. The van der Waals surface area contributed by atoms with Crippen LogP contribution in [0.2, 0.25) is 0 Å². The highest BCUT2D eigenvalue weighted by Gasteiger charge is 2.35. The lowest BCUT2D eigenvalue weighted by Crippen LogP contribution is -2.29. The summed E-state index contributed by atoms with van der Waals surface area (Å²) in [5.74, 6) is 1.32. The Hall–Kier alpha value is -2.94. The highest BCUT2D eigenvalue weighted by Crippen LogP contribution is 2.43. The van der Waals surface area contributed by atoms with E-state index in [0.29, 0.717) is 5.92 Å². The van der Waals surface area contributed by atoms with Gasteiger partial charge in [0.25, 0.3) is 0 Å². The van der Waals surface area contributed by atoms with Gasteiger partial charge in [-0.05, 0) is 41.3 Å². The zero-order chi connectivity index (χ0) is 18.9. The lowest BCUT2D eigenvalue weighted by molar-refractivity contribution is 0.623. The molecule has 0 unspecified atom stereocenters. The van der Waals surface area contributed by atoms with Gasteiger partial charge in [-0.2, -0.15) is 0 Å². The van der Waals surface area contributed by atoms with Gasteiger partial charge in [-0.3, -0.25) is 9.36 Å². The summed E-state index contributed by atoms with van der Waals surface area (Å²) in [6.07, 6.45) is 1.84. The molecule has 0 radical (unpaired) electrons. The van der Waals surface area contributed by atoms with E-state index in [1.165, 1.54) is 16.7 Å². The van der Waals surface area contributed by atoms with Gasteiger partial charge in [-0.1, -0.05) is 52.0 Å². The normalized spacial score (nSPS) is 14.7. The molecule has 0 bridgehead atoms. The van der Waals surface area contributed by atoms with Crippen LogP contribution >= 0.6 is 0 Å². The molecule has 134 valence electrons. The predicted octanol–water partition coefficient (Wildman–Crippen LogP) is 5.30. The van der Waals surface area contributed by atoms with E-state index in [9.17, 15) is 4.79 Å². The van der Waals surface area contributed by atoms with Gasteiger partial charge in [0, 0.05) is 27.9 Å². The zero-order valence-electron chi connectivity index (χ0n) is 16.1. The number of benzene rings is 2. The molecule has 3 heterocycles. The van der Waals surface area contributed by atoms with E-state index in [-0.39, 0.29) is 10.8 Å². The molecule has 3 nitrogen and oxygen atoms in total. The van der Waals surface area contributed by atoms with Crippen LogP contribution in [0.1, 0.15) is 50.3 Å². The van der Waals surface area contributed by atoms with E-state index in [4.69, 9.17) is 4.98 Å². The molecule has 0 N–H and O–H groups in total. The van der Waals surface area contributed by atoms with Crippen molar-refractivity contribution in [3.63, 3.8) is 0 Å². The van der Waals surface area contributed by atoms with Crippen molar-refractivity contribution in [1.82, 2.24) is 9.55 Å². The van der Waals surface area contributed by atoms with Crippen LogP contribution in [0.4, 0.5) is 0 Å². The minimum Gasteiger partial charge on any atom is -0.293 e. The highest BCUT2D eigenvalue weighted by molar-refractivity contribution is 5.98. The number of aromatic nitrogens is 2. The molecule has 0 saturated heterocycles. The van der Waals surface area contributed by atoms with Crippen molar-refractivity contribution < 1.29 is 0 Å². The Bertz CT molecular complexity index is 1300. The SMILES string of the molecule is CC(C)c1ccc2c(=O)c3cccc4c3n(c2c1)-c1ncccc1C4(C)C. The van der Waals surface area contributed by atoms with Crippen molar-refractivity contribution in [3.8, 4) is 5.82 Å². The highest BCUT2D eigenvalue weighted by atomic mass is 16.1. The van der Waals surface area contributed by atoms with Crippen LogP contribution in [0.5, 0.6) is 0 Å². The van der Waals surface area contributed by atoms with Crippen LogP contribution in [0.25, 0.3) is 27.6 Å². The molecule has 2 aromatic carbocycles. The van der Waals surface area contributed by atoms with Gasteiger partial charge in [0.05, 0.1) is 11.0 Å². The molecular weight excluding hydrogens is 332 g/mol. The van der Waals surface area contributed by atoms with Gasteiger partial charge in [0.15, 0.2) is 5.43 Å². The van der Waals surface area contributed by atoms with Gasteiger partial charge in [-0.25, -0.2) is 4.98 Å². The minimum absolute atomic E-state index is 0.101. The van der Waals surface area contributed by atoms with E-state index in [1.54, 1.807) is 0 Å². The Morgan fingerprint density at radius 1 is 0.963 bits per heavy atom. The predicted molar refractivity (Wildman–Crippen MR) is 111 cm³/mol. The first-order valence-corrected chi connectivity index (χ1v) is 9.49. The number of hydrogen-bond donors (Lipinski definition) is 0. The number of fused-ring (bicyclic) bond motifs is 4. The van der Waals surface area contributed by atoms with Crippen LogP contribution in [-0.4, -0.2) is 9.55 Å². The number of hydrogen-bond acceptors (Lipinski definition) is 2. The molecule has 0 aliphatic carbocycles. The standard InChI is InChI=1S/C24H22N2O/c1-14(2)15-10-11-16-20(13-15)26-21-17(22(16)27)7-5-8-18(21)24(3,4)19-9-6-12-25-23(19)26/h5-14H,1-4H3. The summed E-state index contributed by atoms with van der Waals surface area (Å²) in [4.78, 5) is 18.1. The second kappa shape index (κ2) is 5.29. The maximum Gasteiger partial charge on any atom is 0.197 e. The van der Waals surface area contributed by atoms with Crippen LogP contribution in [0.3, 0.4) is 0 Å². The molecule has 0 atom stereocenters. The Labute approximate surface area is 158 Å². The molecular formula is C24H22N2O. The largest absolute Gasteiger partial charge is 0.293 e. The lowest BCUT2D eigenvalue weighted by Gasteiger charge is -2.35. The topological polar surface area (TPSA) is 34.9 Å². The lowest BCUT2D eigenvalue weighted by atomic mass is 9.75. The quantitative estimate of drug-likeness (QED) is 0.435. The molecule has 0 amide bonds. The molecule has 0 fully saturated rings. The van der Waals surface area contributed by atoms with Crippen LogP contribution in [0, 0.1) is 0 Å². The first-order chi connectivity index (χ1) is 12.9. The third kappa shape index (κ3) is 2.03.